The molecule has 0 aliphatic carbocycles. The quantitative estimate of drug-likeness (QED) is 0.753. The summed E-state index contributed by atoms with van der Waals surface area (Å²) in [6.45, 7) is 6.07. The number of benzene rings is 2. The standard InChI is InChI=1S/C21H21ClN2O3/c1-4-27-17-7-5-6-16(12-17)23-19-18(14-8-10-15(22)11-9-14)20(25)24(13(2)3)21(19)26/h5-13,23H,4H2,1-3H3. The number of halogens is 1. The molecule has 3 rings (SSSR count). The van der Waals surface area contributed by atoms with Crippen LogP contribution >= 0.6 is 11.6 Å². The molecule has 1 N–H and O–H groups in total. The van der Waals surface area contributed by atoms with Crippen molar-refractivity contribution in [1.82, 2.24) is 4.90 Å². The Bertz CT molecular complexity index is 904. The molecule has 0 atom stereocenters. The molecular formula is C21H21ClN2O3. The van der Waals surface area contributed by atoms with Gasteiger partial charge in [-0.3, -0.25) is 14.5 Å². The van der Waals surface area contributed by atoms with Gasteiger partial charge in [0, 0.05) is 22.8 Å². The van der Waals surface area contributed by atoms with Gasteiger partial charge < -0.3 is 10.1 Å². The molecule has 2 amide bonds. The zero-order valence-electron chi connectivity index (χ0n) is 15.5. The first-order valence-corrected chi connectivity index (χ1v) is 9.18. The van der Waals surface area contributed by atoms with Crippen LogP contribution in [-0.4, -0.2) is 29.4 Å². The minimum absolute atomic E-state index is 0.249. The van der Waals surface area contributed by atoms with Crippen LogP contribution < -0.4 is 10.1 Å². The maximum atomic E-state index is 13.0. The topological polar surface area (TPSA) is 58.6 Å². The number of carbonyl (C=O) groups is 2. The Kier molecular flexibility index (Phi) is 5.51. The lowest BCUT2D eigenvalue weighted by Gasteiger charge is -2.19. The van der Waals surface area contributed by atoms with Gasteiger partial charge in [-0.2, -0.15) is 0 Å². The van der Waals surface area contributed by atoms with Crippen molar-refractivity contribution in [2.75, 3.05) is 11.9 Å². The third-order valence-electron chi connectivity index (χ3n) is 4.18. The second kappa shape index (κ2) is 7.84. The zero-order chi connectivity index (χ0) is 19.6. The monoisotopic (exact) mass is 384 g/mol. The number of anilines is 1. The lowest BCUT2D eigenvalue weighted by atomic mass is 10.0. The van der Waals surface area contributed by atoms with Gasteiger partial charge in [0.25, 0.3) is 11.8 Å². The van der Waals surface area contributed by atoms with Gasteiger partial charge in [0.2, 0.25) is 0 Å². The molecule has 1 aliphatic rings. The maximum Gasteiger partial charge on any atom is 0.278 e. The van der Waals surface area contributed by atoms with Crippen LogP contribution in [0.1, 0.15) is 26.3 Å². The number of amides is 2. The van der Waals surface area contributed by atoms with Crippen molar-refractivity contribution in [2.45, 2.75) is 26.8 Å². The van der Waals surface area contributed by atoms with E-state index in [1.54, 1.807) is 30.3 Å². The summed E-state index contributed by atoms with van der Waals surface area (Å²) in [5, 5.41) is 3.69. The van der Waals surface area contributed by atoms with Gasteiger partial charge in [0.05, 0.1) is 12.2 Å². The smallest absolute Gasteiger partial charge is 0.278 e. The molecule has 0 saturated heterocycles. The van der Waals surface area contributed by atoms with Crippen molar-refractivity contribution in [3.8, 4) is 5.75 Å². The molecule has 6 heteroatoms. The van der Waals surface area contributed by atoms with Crippen LogP contribution in [0.4, 0.5) is 5.69 Å². The second-order valence-electron chi connectivity index (χ2n) is 6.42. The zero-order valence-corrected chi connectivity index (χ0v) is 16.2. The molecule has 0 radical (unpaired) electrons. The highest BCUT2D eigenvalue weighted by molar-refractivity contribution is 6.37. The van der Waals surface area contributed by atoms with E-state index in [9.17, 15) is 9.59 Å². The lowest BCUT2D eigenvalue weighted by molar-refractivity contribution is -0.138. The first kappa shape index (κ1) is 19.0. The number of nitrogens with zero attached hydrogens (tertiary/aromatic N) is 1. The van der Waals surface area contributed by atoms with Crippen molar-refractivity contribution < 1.29 is 14.3 Å². The molecule has 0 spiro atoms. The van der Waals surface area contributed by atoms with Crippen molar-refractivity contribution >= 4 is 34.7 Å². The first-order valence-electron chi connectivity index (χ1n) is 8.80. The lowest BCUT2D eigenvalue weighted by Crippen LogP contribution is -2.38. The van der Waals surface area contributed by atoms with Crippen molar-refractivity contribution in [3.05, 3.63) is 64.8 Å². The molecule has 2 aromatic carbocycles. The summed E-state index contributed by atoms with van der Waals surface area (Å²) in [7, 11) is 0. The van der Waals surface area contributed by atoms with E-state index in [4.69, 9.17) is 16.3 Å². The number of rotatable bonds is 6. The summed E-state index contributed by atoms with van der Waals surface area (Å²) >= 11 is 5.97. The maximum absolute atomic E-state index is 13.0. The average molecular weight is 385 g/mol. The number of hydrogen-bond donors (Lipinski definition) is 1. The predicted octanol–water partition coefficient (Wildman–Crippen LogP) is 4.34. The molecule has 5 nitrogen and oxygen atoms in total. The first-order chi connectivity index (χ1) is 12.9. The van der Waals surface area contributed by atoms with Gasteiger partial charge in [0.1, 0.15) is 11.4 Å². The Hall–Kier alpha value is -2.79. The number of ether oxygens (including phenoxy) is 1. The van der Waals surface area contributed by atoms with Gasteiger partial charge in [-0.15, -0.1) is 0 Å². The highest BCUT2D eigenvalue weighted by Crippen LogP contribution is 2.32. The normalized spacial score (nSPS) is 14.3. The van der Waals surface area contributed by atoms with E-state index < -0.39 is 0 Å². The summed E-state index contributed by atoms with van der Waals surface area (Å²) in [6, 6.07) is 13.9. The largest absolute Gasteiger partial charge is 0.494 e. The van der Waals surface area contributed by atoms with Gasteiger partial charge in [-0.05, 0) is 50.6 Å². The summed E-state index contributed by atoms with van der Waals surface area (Å²) in [4.78, 5) is 27.2. The average Bonchev–Trinajstić information content (AvgIpc) is 2.87. The van der Waals surface area contributed by atoms with E-state index in [-0.39, 0.29) is 23.6 Å². The van der Waals surface area contributed by atoms with E-state index in [2.05, 4.69) is 5.32 Å². The minimum atomic E-state index is -0.346. The highest BCUT2D eigenvalue weighted by Gasteiger charge is 2.40. The third-order valence-corrected chi connectivity index (χ3v) is 4.43. The van der Waals surface area contributed by atoms with Gasteiger partial charge >= 0.3 is 0 Å². The Morgan fingerprint density at radius 3 is 2.41 bits per heavy atom. The fourth-order valence-corrected chi connectivity index (χ4v) is 3.12. The molecule has 27 heavy (non-hydrogen) atoms. The van der Waals surface area contributed by atoms with Crippen LogP contribution in [0.25, 0.3) is 5.57 Å². The number of hydrogen-bond acceptors (Lipinski definition) is 4. The van der Waals surface area contributed by atoms with E-state index in [1.165, 1.54) is 4.90 Å². The van der Waals surface area contributed by atoms with Crippen LogP contribution in [-0.2, 0) is 9.59 Å². The van der Waals surface area contributed by atoms with Crippen LogP contribution in [0.3, 0.4) is 0 Å². The van der Waals surface area contributed by atoms with E-state index in [1.807, 2.05) is 39.0 Å². The summed E-state index contributed by atoms with van der Waals surface area (Å²) < 4.78 is 5.51. The van der Waals surface area contributed by atoms with Crippen molar-refractivity contribution in [1.29, 1.82) is 0 Å². The van der Waals surface area contributed by atoms with Crippen LogP contribution in [0.15, 0.2) is 54.2 Å². The number of nitrogens with one attached hydrogen (secondary N) is 1. The van der Waals surface area contributed by atoms with Crippen LogP contribution in [0.2, 0.25) is 5.02 Å². The van der Waals surface area contributed by atoms with Gasteiger partial charge in [-0.25, -0.2) is 0 Å². The summed E-state index contributed by atoms with van der Waals surface area (Å²) in [5.41, 5.74) is 1.91. The number of imide groups is 1. The van der Waals surface area contributed by atoms with Crippen LogP contribution in [0.5, 0.6) is 5.75 Å². The fourth-order valence-electron chi connectivity index (χ4n) is 2.99. The van der Waals surface area contributed by atoms with E-state index >= 15 is 0 Å². The number of carbonyl (C=O) groups excluding carboxylic acids is 2. The molecule has 0 aromatic heterocycles. The minimum Gasteiger partial charge on any atom is -0.494 e. The highest BCUT2D eigenvalue weighted by atomic mass is 35.5. The Balaban J connectivity index is 2.05. The summed E-state index contributed by atoms with van der Waals surface area (Å²) in [5.74, 6) is 0.0242. The fraction of sp³-hybridized carbons (Fsp3) is 0.238. The van der Waals surface area contributed by atoms with Gasteiger partial charge in [0.15, 0.2) is 0 Å². The molecular weight excluding hydrogens is 364 g/mol. The molecule has 1 heterocycles. The van der Waals surface area contributed by atoms with Gasteiger partial charge in [-0.1, -0.05) is 29.8 Å². The molecule has 140 valence electrons. The Morgan fingerprint density at radius 1 is 1.07 bits per heavy atom. The SMILES string of the molecule is CCOc1cccc(NC2=C(c3ccc(Cl)cc3)C(=O)N(C(C)C)C2=O)c1. The Labute approximate surface area is 163 Å². The Morgan fingerprint density at radius 2 is 1.78 bits per heavy atom. The molecule has 0 unspecified atom stereocenters. The van der Waals surface area contributed by atoms with Crippen LogP contribution in [0, 0.1) is 0 Å². The molecule has 1 aliphatic heterocycles. The second-order valence-corrected chi connectivity index (χ2v) is 6.85. The molecule has 0 fully saturated rings. The van der Waals surface area contributed by atoms with E-state index in [0.29, 0.717) is 34.2 Å². The summed E-state index contributed by atoms with van der Waals surface area (Å²) in [6.07, 6.45) is 0. The molecule has 0 bridgehead atoms. The molecule has 2 aromatic rings. The van der Waals surface area contributed by atoms with E-state index in [0.717, 1.165) is 0 Å². The molecule has 0 saturated carbocycles. The third kappa shape index (κ3) is 3.83. The van der Waals surface area contributed by atoms with Crippen molar-refractivity contribution in [3.63, 3.8) is 0 Å². The van der Waals surface area contributed by atoms with Crippen molar-refractivity contribution in [2.24, 2.45) is 0 Å². The predicted molar refractivity (Wildman–Crippen MR) is 107 cm³/mol.